The Bertz CT molecular complexity index is 1200. The molecule has 38 heavy (non-hydrogen) atoms. The molecule has 3 amide bonds. The summed E-state index contributed by atoms with van der Waals surface area (Å²) in [6.45, 7) is 1.61. The van der Waals surface area contributed by atoms with Gasteiger partial charge in [-0.3, -0.25) is 19.3 Å². The molecule has 1 aliphatic heterocycles. The van der Waals surface area contributed by atoms with Crippen LogP contribution in [0.4, 0.5) is 5.69 Å². The van der Waals surface area contributed by atoms with Crippen LogP contribution in [0.1, 0.15) is 42.1 Å². The van der Waals surface area contributed by atoms with Gasteiger partial charge in [0.25, 0.3) is 5.91 Å². The van der Waals surface area contributed by atoms with Crippen molar-refractivity contribution in [1.29, 1.82) is 0 Å². The molecule has 1 N–H and O–H groups in total. The van der Waals surface area contributed by atoms with E-state index in [2.05, 4.69) is 5.32 Å². The lowest BCUT2D eigenvalue weighted by molar-refractivity contribution is -0.159. The van der Waals surface area contributed by atoms with Crippen molar-refractivity contribution in [3.63, 3.8) is 0 Å². The van der Waals surface area contributed by atoms with Gasteiger partial charge in [-0.1, -0.05) is 49.4 Å². The molecule has 198 valence electrons. The standard InChI is InChI=1S/C29H30N2O7/c1-2-16-37-28(35)20-12-14-21(15-13-20)30-25(32)18-38-29(36)24(17-19-8-4-3-5-9-19)31-26(33)22-10-6-7-11-23(22)27(31)34/h3-9,12-15,22-24H,2,10-11,16-18H2,1H3,(H,30,32)/t22-,23-,24-/m0/s1. The minimum Gasteiger partial charge on any atom is -0.462 e. The number of amides is 3. The Kier molecular flexibility index (Phi) is 8.68. The second-order valence-corrected chi connectivity index (χ2v) is 9.28. The fourth-order valence-electron chi connectivity index (χ4n) is 4.65. The zero-order chi connectivity index (χ0) is 27.1. The van der Waals surface area contributed by atoms with Gasteiger partial charge in [0.05, 0.1) is 24.0 Å². The Hall–Kier alpha value is -4.27. The highest BCUT2D eigenvalue weighted by atomic mass is 16.5. The summed E-state index contributed by atoms with van der Waals surface area (Å²) in [6.07, 6.45) is 5.47. The van der Waals surface area contributed by atoms with Gasteiger partial charge in [0.15, 0.2) is 6.61 Å². The first-order valence-electron chi connectivity index (χ1n) is 12.7. The molecule has 2 aromatic rings. The summed E-state index contributed by atoms with van der Waals surface area (Å²) in [7, 11) is 0. The van der Waals surface area contributed by atoms with Crippen molar-refractivity contribution in [3.05, 3.63) is 77.9 Å². The van der Waals surface area contributed by atoms with Gasteiger partial charge in [-0.05, 0) is 49.1 Å². The largest absolute Gasteiger partial charge is 0.462 e. The van der Waals surface area contributed by atoms with Crippen LogP contribution in [0.5, 0.6) is 0 Å². The van der Waals surface area contributed by atoms with Crippen molar-refractivity contribution in [2.75, 3.05) is 18.5 Å². The Balaban J connectivity index is 1.40. The van der Waals surface area contributed by atoms with Gasteiger partial charge < -0.3 is 14.8 Å². The molecule has 9 heteroatoms. The van der Waals surface area contributed by atoms with Crippen molar-refractivity contribution < 1.29 is 33.4 Å². The molecule has 0 unspecified atom stereocenters. The number of ether oxygens (including phenoxy) is 2. The van der Waals surface area contributed by atoms with Gasteiger partial charge in [0.1, 0.15) is 6.04 Å². The number of carbonyl (C=O) groups excluding carboxylic acids is 5. The first-order valence-corrected chi connectivity index (χ1v) is 12.7. The molecule has 0 saturated carbocycles. The highest BCUT2D eigenvalue weighted by Crippen LogP contribution is 2.36. The van der Waals surface area contributed by atoms with Gasteiger partial charge in [-0.2, -0.15) is 0 Å². The summed E-state index contributed by atoms with van der Waals surface area (Å²) >= 11 is 0. The molecule has 4 rings (SSSR count). The van der Waals surface area contributed by atoms with Gasteiger partial charge >= 0.3 is 11.9 Å². The van der Waals surface area contributed by atoms with E-state index in [1.807, 2.05) is 25.1 Å². The third-order valence-corrected chi connectivity index (χ3v) is 6.58. The lowest BCUT2D eigenvalue weighted by atomic mass is 9.85. The van der Waals surface area contributed by atoms with Crippen LogP contribution in [0, 0.1) is 11.8 Å². The Labute approximate surface area is 220 Å². The average molecular weight is 519 g/mol. The molecular formula is C29H30N2O7. The van der Waals surface area contributed by atoms with Gasteiger partial charge in [-0.25, -0.2) is 9.59 Å². The SMILES string of the molecule is CCCOC(=O)c1ccc(NC(=O)COC(=O)[C@H](Cc2ccccc2)N2C(=O)[C@H]3CC=CC[C@@H]3C2=O)cc1. The van der Waals surface area contributed by atoms with E-state index in [1.54, 1.807) is 24.3 Å². The summed E-state index contributed by atoms with van der Waals surface area (Å²) in [4.78, 5) is 64.9. The van der Waals surface area contributed by atoms with Crippen LogP contribution in [0.2, 0.25) is 0 Å². The van der Waals surface area contributed by atoms with Crippen molar-refractivity contribution in [1.82, 2.24) is 4.90 Å². The molecule has 1 fully saturated rings. The van der Waals surface area contributed by atoms with Crippen LogP contribution >= 0.6 is 0 Å². The minimum absolute atomic E-state index is 0.0846. The summed E-state index contributed by atoms with van der Waals surface area (Å²) in [5.41, 5.74) is 1.51. The van der Waals surface area contributed by atoms with E-state index in [-0.39, 0.29) is 18.2 Å². The van der Waals surface area contributed by atoms with E-state index >= 15 is 0 Å². The highest BCUT2D eigenvalue weighted by Gasteiger charge is 2.51. The predicted molar refractivity (Wildman–Crippen MR) is 138 cm³/mol. The van der Waals surface area contributed by atoms with Gasteiger partial charge in [0.2, 0.25) is 11.8 Å². The van der Waals surface area contributed by atoms with Crippen molar-refractivity contribution >= 4 is 35.3 Å². The summed E-state index contributed by atoms with van der Waals surface area (Å²) < 4.78 is 10.4. The van der Waals surface area contributed by atoms with E-state index in [4.69, 9.17) is 9.47 Å². The van der Waals surface area contributed by atoms with Crippen LogP contribution in [0.3, 0.4) is 0 Å². The number of hydrogen-bond donors (Lipinski definition) is 1. The van der Waals surface area contributed by atoms with Crippen LogP contribution < -0.4 is 5.32 Å². The normalized spacial score (nSPS) is 19.0. The predicted octanol–water partition coefficient (Wildman–Crippen LogP) is 3.30. The lowest BCUT2D eigenvalue weighted by Gasteiger charge is -2.25. The third-order valence-electron chi connectivity index (χ3n) is 6.58. The Morgan fingerprint density at radius 3 is 2.16 bits per heavy atom. The van der Waals surface area contributed by atoms with E-state index in [0.29, 0.717) is 37.1 Å². The molecule has 0 aromatic heterocycles. The van der Waals surface area contributed by atoms with Crippen LogP contribution in [-0.2, 0) is 35.1 Å². The second kappa shape index (κ2) is 12.3. The molecule has 1 saturated heterocycles. The van der Waals surface area contributed by atoms with E-state index in [9.17, 15) is 24.0 Å². The number of esters is 2. The zero-order valence-corrected chi connectivity index (χ0v) is 21.1. The number of nitrogens with zero attached hydrogens (tertiary/aromatic N) is 1. The number of hydrogen-bond acceptors (Lipinski definition) is 7. The highest BCUT2D eigenvalue weighted by molar-refractivity contribution is 6.08. The fourth-order valence-corrected chi connectivity index (χ4v) is 4.65. The second-order valence-electron chi connectivity index (χ2n) is 9.28. The average Bonchev–Trinajstić information content (AvgIpc) is 3.19. The number of allylic oxidation sites excluding steroid dienone is 2. The maximum atomic E-state index is 13.2. The minimum atomic E-state index is -1.18. The van der Waals surface area contributed by atoms with E-state index < -0.39 is 42.3 Å². The number of benzene rings is 2. The third kappa shape index (κ3) is 6.16. The van der Waals surface area contributed by atoms with Crippen molar-refractivity contribution in [2.24, 2.45) is 11.8 Å². The zero-order valence-electron chi connectivity index (χ0n) is 21.1. The quantitative estimate of drug-likeness (QED) is 0.291. The number of rotatable bonds is 10. The molecule has 0 bridgehead atoms. The molecule has 1 aliphatic carbocycles. The van der Waals surface area contributed by atoms with Gasteiger partial charge in [0, 0.05) is 12.1 Å². The maximum absolute atomic E-state index is 13.2. The number of fused-ring (bicyclic) bond motifs is 1. The topological polar surface area (TPSA) is 119 Å². The Morgan fingerprint density at radius 1 is 0.921 bits per heavy atom. The number of nitrogens with one attached hydrogen (secondary N) is 1. The number of anilines is 1. The summed E-state index contributed by atoms with van der Waals surface area (Å²) in [5, 5.41) is 2.60. The van der Waals surface area contributed by atoms with Gasteiger partial charge in [-0.15, -0.1) is 0 Å². The monoisotopic (exact) mass is 518 g/mol. The summed E-state index contributed by atoms with van der Waals surface area (Å²) in [5.74, 6) is -3.62. The molecule has 3 atom stereocenters. The molecule has 2 aromatic carbocycles. The molecule has 9 nitrogen and oxygen atoms in total. The molecule has 2 aliphatic rings. The first kappa shape index (κ1) is 26.8. The van der Waals surface area contributed by atoms with Crippen LogP contribution in [0.25, 0.3) is 0 Å². The Morgan fingerprint density at radius 2 is 1.55 bits per heavy atom. The maximum Gasteiger partial charge on any atom is 0.338 e. The number of likely N-dealkylation sites (tertiary alicyclic amines) is 1. The number of imide groups is 1. The van der Waals surface area contributed by atoms with Crippen molar-refractivity contribution in [3.8, 4) is 0 Å². The first-order chi connectivity index (χ1) is 18.4. The lowest BCUT2D eigenvalue weighted by Crippen LogP contribution is -2.48. The number of carbonyl (C=O) groups is 5. The van der Waals surface area contributed by atoms with Crippen molar-refractivity contribution in [2.45, 2.75) is 38.6 Å². The smallest absolute Gasteiger partial charge is 0.338 e. The fraction of sp³-hybridized carbons (Fsp3) is 0.345. The molecule has 0 spiro atoms. The molecule has 0 radical (unpaired) electrons. The molecule has 1 heterocycles. The van der Waals surface area contributed by atoms with Crippen LogP contribution in [-0.4, -0.2) is 53.8 Å². The summed E-state index contributed by atoms with van der Waals surface area (Å²) in [6, 6.07) is 14.0. The van der Waals surface area contributed by atoms with E-state index in [0.717, 1.165) is 10.5 Å². The molecular weight excluding hydrogens is 488 g/mol. The van der Waals surface area contributed by atoms with E-state index in [1.165, 1.54) is 24.3 Å². The van der Waals surface area contributed by atoms with Crippen LogP contribution in [0.15, 0.2) is 66.7 Å².